The zero-order valence-electron chi connectivity index (χ0n) is 20.5. The smallest absolute Gasteiger partial charge is 0.264 e. The molecule has 0 fully saturated rings. The number of sulfonamides is 1. The highest BCUT2D eigenvalue weighted by Gasteiger charge is 2.30. The Balaban J connectivity index is 2.05. The van der Waals surface area contributed by atoms with E-state index in [0.717, 1.165) is 9.87 Å². The number of nitrogens with zero attached hydrogens (tertiary/aromatic N) is 1. The lowest BCUT2D eigenvalue weighted by molar-refractivity contribution is -0.114. The van der Waals surface area contributed by atoms with Gasteiger partial charge in [-0.25, -0.2) is 8.42 Å². The predicted molar refractivity (Wildman–Crippen MR) is 138 cm³/mol. The van der Waals surface area contributed by atoms with Gasteiger partial charge >= 0.3 is 0 Å². The Morgan fingerprint density at radius 3 is 2.08 bits per heavy atom. The Morgan fingerprint density at radius 2 is 1.50 bits per heavy atom. The molecule has 1 amide bonds. The number of ether oxygens (including phenoxy) is 4. The molecule has 0 saturated heterocycles. The molecular weight excluding hydrogens is 508 g/mol. The number of nitrogens with one attached hydrogen (secondary N) is 1. The highest BCUT2D eigenvalue weighted by atomic mass is 35.5. The van der Waals surface area contributed by atoms with Crippen LogP contribution >= 0.6 is 11.6 Å². The van der Waals surface area contributed by atoms with Gasteiger partial charge in [-0.15, -0.1) is 0 Å². The number of carbonyl (C=O) groups is 1. The Labute approximate surface area is 215 Å². The van der Waals surface area contributed by atoms with Crippen LogP contribution in [0.3, 0.4) is 0 Å². The summed E-state index contributed by atoms with van der Waals surface area (Å²) in [6.07, 6.45) is 0. The SMILES string of the molecule is COc1ccc(N(CC(=O)Nc2cc(OC)c(Cl)cc2OC)S(=O)(=O)c2ccc(C)cc2)c(OC)c1. The highest BCUT2D eigenvalue weighted by molar-refractivity contribution is 7.92. The first-order valence-corrected chi connectivity index (χ1v) is 12.5. The van der Waals surface area contributed by atoms with Crippen molar-refractivity contribution in [1.29, 1.82) is 0 Å². The molecule has 0 unspecified atom stereocenters. The molecule has 0 spiro atoms. The van der Waals surface area contributed by atoms with Crippen molar-refractivity contribution in [2.75, 3.05) is 44.6 Å². The first-order valence-electron chi connectivity index (χ1n) is 10.7. The van der Waals surface area contributed by atoms with Crippen LogP contribution in [-0.4, -0.2) is 49.3 Å². The highest BCUT2D eigenvalue weighted by Crippen LogP contribution is 2.37. The zero-order chi connectivity index (χ0) is 26.5. The Morgan fingerprint density at radius 1 is 0.861 bits per heavy atom. The van der Waals surface area contributed by atoms with Crippen LogP contribution in [0.15, 0.2) is 59.5 Å². The minimum atomic E-state index is -4.17. The molecule has 0 heterocycles. The van der Waals surface area contributed by atoms with Crippen LogP contribution in [0.4, 0.5) is 11.4 Å². The number of amides is 1. The van der Waals surface area contributed by atoms with Crippen LogP contribution in [0, 0.1) is 6.92 Å². The van der Waals surface area contributed by atoms with Gasteiger partial charge in [0, 0.05) is 18.2 Å². The van der Waals surface area contributed by atoms with Crippen molar-refractivity contribution in [1.82, 2.24) is 0 Å². The van der Waals surface area contributed by atoms with Gasteiger partial charge in [0.25, 0.3) is 10.0 Å². The third kappa shape index (κ3) is 5.77. The van der Waals surface area contributed by atoms with Gasteiger partial charge < -0.3 is 24.3 Å². The summed E-state index contributed by atoms with van der Waals surface area (Å²) in [7, 11) is 1.57. The van der Waals surface area contributed by atoms with E-state index in [9.17, 15) is 13.2 Å². The summed E-state index contributed by atoms with van der Waals surface area (Å²) in [6, 6.07) is 14.0. The van der Waals surface area contributed by atoms with Crippen molar-refractivity contribution in [3.8, 4) is 23.0 Å². The van der Waals surface area contributed by atoms with Crippen molar-refractivity contribution in [2.24, 2.45) is 0 Å². The number of anilines is 2. The van der Waals surface area contributed by atoms with Crippen molar-refractivity contribution in [2.45, 2.75) is 11.8 Å². The fourth-order valence-corrected chi connectivity index (χ4v) is 5.07. The summed E-state index contributed by atoms with van der Waals surface area (Å²) in [6.45, 7) is 1.29. The van der Waals surface area contributed by atoms with E-state index in [0.29, 0.717) is 16.5 Å². The van der Waals surface area contributed by atoms with Crippen LogP contribution in [0.2, 0.25) is 5.02 Å². The van der Waals surface area contributed by atoms with Crippen molar-refractivity contribution in [3.63, 3.8) is 0 Å². The molecule has 0 aliphatic heterocycles. The van der Waals surface area contributed by atoms with Gasteiger partial charge in [-0.05, 0) is 31.2 Å². The Kier molecular flexibility index (Phi) is 8.54. The number of hydrogen-bond donors (Lipinski definition) is 1. The fourth-order valence-electron chi connectivity index (χ4n) is 3.41. The summed E-state index contributed by atoms with van der Waals surface area (Å²) in [5, 5.41) is 2.97. The van der Waals surface area contributed by atoms with Gasteiger partial charge in [0.05, 0.1) is 49.7 Å². The lowest BCUT2D eigenvalue weighted by Gasteiger charge is -2.26. The molecular formula is C25H27ClN2O7S. The van der Waals surface area contributed by atoms with E-state index in [-0.39, 0.29) is 27.8 Å². The third-order valence-corrected chi connectivity index (χ3v) is 7.37. The molecule has 36 heavy (non-hydrogen) atoms. The predicted octanol–water partition coefficient (Wildman–Crippen LogP) is 4.52. The quantitative estimate of drug-likeness (QED) is 0.408. The Bertz CT molecular complexity index is 1350. The molecule has 0 atom stereocenters. The van der Waals surface area contributed by atoms with Crippen molar-refractivity contribution < 1.29 is 32.2 Å². The number of aryl methyl sites for hydroxylation is 1. The standard InChI is InChI=1S/C25H27ClN2O7S/c1-16-6-9-18(10-7-16)36(30,31)28(21-11-8-17(32-2)12-24(21)35-5)15-25(29)27-20-14-22(33-3)19(26)13-23(20)34-4/h6-14H,15H2,1-5H3,(H,27,29). The lowest BCUT2D eigenvalue weighted by Crippen LogP contribution is -2.38. The number of halogens is 1. The summed E-state index contributed by atoms with van der Waals surface area (Å²) >= 11 is 6.15. The van der Waals surface area contributed by atoms with Gasteiger partial charge in [0.2, 0.25) is 5.91 Å². The normalized spacial score (nSPS) is 10.9. The van der Waals surface area contributed by atoms with E-state index in [2.05, 4.69) is 5.32 Å². The minimum Gasteiger partial charge on any atom is -0.497 e. The van der Waals surface area contributed by atoms with Crippen LogP contribution < -0.4 is 28.6 Å². The maximum absolute atomic E-state index is 13.7. The fraction of sp³-hybridized carbons (Fsp3) is 0.240. The van der Waals surface area contributed by atoms with Crippen LogP contribution in [0.25, 0.3) is 0 Å². The molecule has 3 rings (SSSR count). The average Bonchev–Trinajstić information content (AvgIpc) is 2.87. The zero-order valence-corrected chi connectivity index (χ0v) is 22.1. The average molecular weight is 535 g/mol. The maximum atomic E-state index is 13.7. The van der Waals surface area contributed by atoms with Gasteiger partial charge in [-0.3, -0.25) is 9.10 Å². The number of benzene rings is 3. The summed E-state index contributed by atoms with van der Waals surface area (Å²) in [4.78, 5) is 13.2. The monoisotopic (exact) mass is 534 g/mol. The van der Waals surface area contributed by atoms with Crippen molar-refractivity contribution in [3.05, 3.63) is 65.2 Å². The number of methoxy groups -OCH3 is 4. The topological polar surface area (TPSA) is 103 Å². The molecule has 0 saturated carbocycles. The van der Waals surface area contributed by atoms with E-state index in [1.54, 1.807) is 18.2 Å². The summed E-state index contributed by atoms with van der Waals surface area (Å²) in [5.74, 6) is 0.637. The van der Waals surface area contributed by atoms with Gasteiger partial charge in [-0.1, -0.05) is 29.3 Å². The molecule has 9 nitrogen and oxygen atoms in total. The molecule has 3 aromatic rings. The minimum absolute atomic E-state index is 0.0181. The van der Waals surface area contributed by atoms with E-state index < -0.39 is 22.5 Å². The first kappa shape index (κ1) is 27.0. The molecule has 11 heteroatoms. The second-order valence-corrected chi connectivity index (χ2v) is 9.87. The first-order chi connectivity index (χ1) is 17.1. The molecule has 0 aromatic heterocycles. The molecule has 1 N–H and O–H groups in total. The summed E-state index contributed by atoms with van der Waals surface area (Å²) in [5.41, 5.74) is 1.32. The molecule has 192 valence electrons. The van der Waals surface area contributed by atoms with Crippen molar-refractivity contribution >= 4 is 38.9 Å². The maximum Gasteiger partial charge on any atom is 0.264 e. The second kappa shape index (κ2) is 11.4. The molecule has 0 radical (unpaired) electrons. The second-order valence-electron chi connectivity index (χ2n) is 7.60. The van der Waals surface area contributed by atoms with E-state index in [1.807, 2.05) is 6.92 Å². The van der Waals surface area contributed by atoms with Crippen LogP contribution in [-0.2, 0) is 14.8 Å². The van der Waals surface area contributed by atoms with E-state index in [1.165, 1.54) is 64.8 Å². The molecule has 0 bridgehead atoms. The lowest BCUT2D eigenvalue weighted by atomic mass is 10.2. The number of carbonyl (C=O) groups excluding carboxylic acids is 1. The molecule has 0 aliphatic rings. The van der Waals surface area contributed by atoms with Gasteiger partial charge in [0.15, 0.2) is 0 Å². The van der Waals surface area contributed by atoms with Gasteiger partial charge in [0.1, 0.15) is 29.5 Å². The summed E-state index contributed by atoms with van der Waals surface area (Å²) < 4.78 is 49.6. The van der Waals surface area contributed by atoms with Crippen LogP contribution in [0.5, 0.6) is 23.0 Å². The largest absolute Gasteiger partial charge is 0.497 e. The Hall–Kier alpha value is -3.63. The number of rotatable bonds is 10. The third-order valence-electron chi connectivity index (χ3n) is 5.30. The van der Waals surface area contributed by atoms with Crippen LogP contribution in [0.1, 0.15) is 5.56 Å². The van der Waals surface area contributed by atoms with E-state index >= 15 is 0 Å². The molecule has 0 aliphatic carbocycles. The van der Waals surface area contributed by atoms with Gasteiger partial charge in [-0.2, -0.15) is 0 Å². The van der Waals surface area contributed by atoms with E-state index in [4.69, 9.17) is 30.5 Å². The molecule has 3 aromatic carbocycles. The number of hydrogen-bond acceptors (Lipinski definition) is 7.